The maximum absolute atomic E-state index is 13.8. The highest BCUT2D eigenvalue weighted by Gasteiger charge is 2.40. The molecule has 0 spiro atoms. The van der Waals surface area contributed by atoms with E-state index in [-0.39, 0.29) is 24.0 Å². The molecule has 51 heavy (non-hydrogen) atoms. The highest BCUT2D eigenvalue weighted by molar-refractivity contribution is 6.38. The Kier molecular flexibility index (Phi) is 14.6. The molecule has 5 atom stereocenters. The number of carbonyl (C=O) groups excluding carboxylic acids is 6. The highest BCUT2D eigenvalue weighted by Crippen LogP contribution is 2.27. The molecular formula is C37H52N8O6. The van der Waals surface area contributed by atoms with Gasteiger partial charge in [-0.2, -0.15) is 0 Å². The minimum absolute atomic E-state index is 0.0860. The first-order valence-electron chi connectivity index (χ1n) is 18.3. The zero-order valence-corrected chi connectivity index (χ0v) is 30.1. The van der Waals surface area contributed by atoms with Crippen molar-refractivity contribution in [2.75, 3.05) is 6.54 Å². The van der Waals surface area contributed by atoms with Crippen LogP contribution in [0.3, 0.4) is 0 Å². The topological polar surface area (TPSA) is 192 Å². The summed E-state index contributed by atoms with van der Waals surface area (Å²) >= 11 is 0. The lowest BCUT2D eigenvalue weighted by atomic mass is 9.83. The average Bonchev–Trinajstić information content (AvgIpc) is 3.66. The molecule has 14 heteroatoms. The fourth-order valence-corrected chi connectivity index (χ4v) is 7.03. The van der Waals surface area contributed by atoms with Gasteiger partial charge in [0.25, 0.3) is 11.8 Å². The van der Waals surface area contributed by atoms with Crippen molar-refractivity contribution in [3.8, 4) is 0 Å². The molecule has 5 unspecified atom stereocenters. The minimum Gasteiger partial charge on any atom is -0.344 e. The predicted molar refractivity (Wildman–Crippen MR) is 189 cm³/mol. The third kappa shape index (κ3) is 10.6. The monoisotopic (exact) mass is 704 g/mol. The maximum Gasteiger partial charge on any atom is 0.290 e. The van der Waals surface area contributed by atoms with E-state index in [9.17, 15) is 28.8 Å². The van der Waals surface area contributed by atoms with Crippen LogP contribution in [0.1, 0.15) is 114 Å². The molecule has 1 aliphatic carbocycles. The molecule has 14 nitrogen and oxygen atoms in total. The Balaban J connectivity index is 1.43. The average molecular weight is 705 g/mol. The van der Waals surface area contributed by atoms with E-state index >= 15 is 0 Å². The smallest absolute Gasteiger partial charge is 0.290 e. The number of nitrogens with one attached hydrogen (secondary N) is 4. The van der Waals surface area contributed by atoms with Gasteiger partial charge in [0.2, 0.25) is 23.5 Å². The summed E-state index contributed by atoms with van der Waals surface area (Å²) in [6, 6.07) is -0.772. The molecule has 276 valence electrons. The van der Waals surface area contributed by atoms with Crippen LogP contribution in [0.5, 0.6) is 0 Å². The van der Waals surface area contributed by atoms with Crippen LogP contribution in [-0.2, 0) is 24.0 Å². The Hall–Kier alpha value is -4.75. The summed E-state index contributed by atoms with van der Waals surface area (Å²) in [5, 5.41) is 11.2. The summed E-state index contributed by atoms with van der Waals surface area (Å²) in [5.41, 5.74) is 0.869. The number of nitrogens with zero attached hydrogens (tertiary/aromatic N) is 4. The molecule has 3 heterocycles. The molecule has 0 aromatic carbocycles. The third-order valence-corrected chi connectivity index (χ3v) is 10.2. The molecule has 2 aliphatic rings. The van der Waals surface area contributed by atoms with Gasteiger partial charge >= 0.3 is 0 Å². The summed E-state index contributed by atoms with van der Waals surface area (Å²) in [6.07, 6.45) is 14.5. The van der Waals surface area contributed by atoms with E-state index in [2.05, 4.69) is 36.2 Å². The molecular weight excluding hydrogens is 652 g/mol. The van der Waals surface area contributed by atoms with Crippen LogP contribution in [0.25, 0.3) is 0 Å². The van der Waals surface area contributed by atoms with Gasteiger partial charge in [-0.1, -0.05) is 46.0 Å². The fraction of sp³-hybridized carbons (Fsp3) is 0.595. The van der Waals surface area contributed by atoms with Crippen LogP contribution in [0.4, 0.5) is 0 Å². The van der Waals surface area contributed by atoms with E-state index in [0.717, 1.165) is 50.5 Å². The maximum atomic E-state index is 13.8. The Morgan fingerprint density at radius 1 is 0.824 bits per heavy atom. The molecule has 2 fully saturated rings. The van der Waals surface area contributed by atoms with E-state index in [1.165, 1.54) is 23.5 Å². The minimum atomic E-state index is -1.07. The van der Waals surface area contributed by atoms with Crippen molar-refractivity contribution in [3.05, 3.63) is 54.4 Å². The first-order chi connectivity index (χ1) is 24.5. The molecule has 4 N–H and O–H groups in total. The molecule has 1 saturated carbocycles. The summed E-state index contributed by atoms with van der Waals surface area (Å²) in [4.78, 5) is 94.3. The second kappa shape index (κ2) is 19.0. The lowest BCUT2D eigenvalue weighted by Gasteiger charge is -2.32. The van der Waals surface area contributed by atoms with Crippen molar-refractivity contribution in [1.82, 2.24) is 41.1 Å². The van der Waals surface area contributed by atoms with Gasteiger partial charge in [-0.25, -0.2) is 4.98 Å². The van der Waals surface area contributed by atoms with Crippen LogP contribution in [0.2, 0.25) is 0 Å². The number of Topliss-reactive ketones (excluding diaryl/α,β-unsaturated/α-hetero) is 1. The first-order valence-corrected chi connectivity index (χ1v) is 18.3. The van der Waals surface area contributed by atoms with Crippen LogP contribution in [-0.4, -0.2) is 85.9 Å². The zero-order valence-electron chi connectivity index (χ0n) is 30.1. The zero-order chi connectivity index (χ0) is 36.9. The van der Waals surface area contributed by atoms with E-state index in [1.54, 1.807) is 38.4 Å². The normalized spacial score (nSPS) is 18.6. The Labute approximate surface area is 299 Å². The van der Waals surface area contributed by atoms with Gasteiger partial charge in [0.05, 0.1) is 18.3 Å². The molecule has 5 amide bonds. The number of hydrogen-bond donors (Lipinski definition) is 4. The molecule has 1 aliphatic heterocycles. The summed E-state index contributed by atoms with van der Waals surface area (Å²) in [6.45, 7) is 7.61. The van der Waals surface area contributed by atoms with Gasteiger partial charge < -0.3 is 26.2 Å². The highest BCUT2D eigenvalue weighted by atomic mass is 16.2. The fourth-order valence-electron chi connectivity index (χ4n) is 7.03. The number of amides is 5. The van der Waals surface area contributed by atoms with Crippen molar-refractivity contribution >= 4 is 35.3 Å². The van der Waals surface area contributed by atoms with Gasteiger partial charge in [-0.05, 0) is 75.5 Å². The van der Waals surface area contributed by atoms with Gasteiger partial charge in [0, 0.05) is 31.3 Å². The van der Waals surface area contributed by atoms with Gasteiger partial charge in [0.15, 0.2) is 0 Å². The van der Waals surface area contributed by atoms with Crippen molar-refractivity contribution in [2.45, 2.75) is 122 Å². The number of rotatable bonds is 16. The second-order valence-electron chi connectivity index (χ2n) is 13.7. The molecule has 0 radical (unpaired) electrons. The number of ketones is 1. The van der Waals surface area contributed by atoms with Crippen molar-refractivity contribution in [2.24, 2.45) is 11.8 Å². The predicted octanol–water partition coefficient (Wildman–Crippen LogP) is 2.80. The second-order valence-corrected chi connectivity index (χ2v) is 13.7. The van der Waals surface area contributed by atoms with Crippen LogP contribution >= 0.6 is 0 Å². The number of carbonyl (C=O) groups is 6. The summed E-state index contributed by atoms with van der Waals surface area (Å²) in [5.74, 6) is -3.54. The van der Waals surface area contributed by atoms with Crippen LogP contribution in [0.15, 0.2) is 43.1 Å². The van der Waals surface area contributed by atoms with Crippen molar-refractivity contribution in [1.29, 1.82) is 0 Å². The number of aromatic nitrogens is 3. The number of hydrogen-bond acceptors (Lipinski definition) is 9. The Bertz CT molecular complexity index is 1500. The summed E-state index contributed by atoms with van der Waals surface area (Å²) < 4.78 is 0. The number of pyridine rings is 1. The first kappa shape index (κ1) is 39.0. The third-order valence-electron chi connectivity index (χ3n) is 10.2. The van der Waals surface area contributed by atoms with E-state index in [4.69, 9.17) is 0 Å². The van der Waals surface area contributed by atoms with E-state index in [0.29, 0.717) is 19.4 Å². The quantitative estimate of drug-likeness (QED) is 0.190. The molecule has 4 rings (SSSR count). The number of likely N-dealkylation sites (tertiary alicyclic amines) is 1. The van der Waals surface area contributed by atoms with E-state index in [1.807, 2.05) is 13.8 Å². The van der Waals surface area contributed by atoms with Crippen LogP contribution < -0.4 is 21.3 Å². The summed E-state index contributed by atoms with van der Waals surface area (Å²) in [7, 11) is 0. The largest absolute Gasteiger partial charge is 0.344 e. The Morgan fingerprint density at radius 2 is 1.53 bits per heavy atom. The molecule has 2 aromatic heterocycles. The van der Waals surface area contributed by atoms with Gasteiger partial charge in [-0.15, -0.1) is 0 Å². The SMILES string of the molecule is CCC(CC)CC(NC(=O)C1CCCN1C(=O)C(C)NC(=O)C(NC(=O)c1cnccn1)C1CCCCC1)C(=O)C(=O)NC(C)c1ccncc1. The van der Waals surface area contributed by atoms with Crippen molar-refractivity contribution < 1.29 is 28.8 Å². The van der Waals surface area contributed by atoms with Gasteiger partial charge in [-0.3, -0.25) is 38.7 Å². The molecule has 1 saturated heterocycles. The van der Waals surface area contributed by atoms with E-state index < -0.39 is 65.5 Å². The molecule has 0 bridgehead atoms. The Morgan fingerprint density at radius 3 is 2.18 bits per heavy atom. The lowest BCUT2D eigenvalue weighted by molar-refractivity contribution is -0.143. The van der Waals surface area contributed by atoms with Gasteiger partial charge in [0.1, 0.15) is 23.8 Å². The standard InChI is InChI=1S/C37H52N8O6/c1-5-25(6-2)21-28(32(46)36(50)41-23(3)26-14-16-38-17-15-26)43-34(48)30-13-10-20-45(30)37(51)24(4)42-35(49)31(27-11-8-7-9-12-27)44-33(47)29-22-39-18-19-40-29/h14-19,22-25,27-28,30-31H,5-13,20-21H2,1-4H3,(H,41,50)(H,42,49)(H,43,48)(H,44,47). The molecule has 2 aromatic rings. The van der Waals surface area contributed by atoms with Crippen molar-refractivity contribution in [3.63, 3.8) is 0 Å². The van der Waals surface area contributed by atoms with Crippen LogP contribution in [0, 0.1) is 11.8 Å². The lowest BCUT2D eigenvalue weighted by Crippen LogP contribution is -2.58.